The lowest BCUT2D eigenvalue weighted by atomic mass is 9.89. The summed E-state index contributed by atoms with van der Waals surface area (Å²) in [4.78, 5) is 26.9. The van der Waals surface area contributed by atoms with Crippen LogP contribution in [0.25, 0.3) is 0 Å². The molecule has 9 N–H and O–H groups in total. The number of aliphatic carboxylic acids is 2. The number of ether oxygens (including phenoxy) is 17. The van der Waals surface area contributed by atoms with Crippen molar-refractivity contribution in [3.63, 3.8) is 0 Å². The normalized spacial score (nSPS) is 38.9. The molecule has 0 radical (unpaired) electrons. The molecule has 94 heavy (non-hydrogen) atoms. The van der Waals surface area contributed by atoms with Crippen molar-refractivity contribution in [1.82, 2.24) is 0 Å². The molecule has 6 saturated heterocycles. The zero-order valence-corrected chi connectivity index (χ0v) is 54.1. The lowest BCUT2D eigenvalue weighted by Gasteiger charge is -2.51. The number of carboxylic acids is 2. The third kappa shape index (κ3) is 20.5. The van der Waals surface area contributed by atoms with E-state index in [0.29, 0.717) is 7.11 Å². The molecule has 0 aromatic heterocycles. The first kappa shape index (κ1) is 80.3. The molecule has 56 heteroatoms. The van der Waals surface area contributed by atoms with Gasteiger partial charge in [0.05, 0.1) is 26.4 Å². The fourth-order valence-electron chi connectivity index (χ4n) is 10.6. The quantitative estimate of drug-likeness (QED) is 0.0270. The van der Waals surface area contributed by atoms with Gasteiger partial charge in [-0.1, -0.05) is 0 Å². The fourth-order valence-corrected chi connectivity index (χ4v) is 13.5. The Morgan fingerprint density at radius 2 is 0.713 bits per heavy atom. The summed E-state index contributed by atoms with van der Waals surface area (Å²) < 4.78 is 367. The van der Waals surface area contributed by atoms with Crippen LogP contribution in [0.5, 0.6) is 0 Å². The molecule has 0 unspecified atom stereocenters. The minimum absolute atomic E-state index is 0.712. The van der Waals surface area contributed by atoms with E-state index in [2.05, 4.69) is 20.9 Å². The molecule has 550 valence electrons. The summed E-state index contributed by atoms with van der Waals surface area (Å²) in [5.74, 6) is -4.27. The van der Waals surface area contributed by atoms with Crippen LogP contribution in [-0.2, 0) is 192 Å². The maximum absolute atomic E-state index is 13.6. The van der Waals surface area contributed by atoms with E-state index in [1.165, 1.54) is 0 Å². The molecule has 0 aromatic carbocycles. The zero-order valence-electron chi connectivity index (χ0n) is 48.4. The number of rotatable bonds is 34. The highest BCUT2D eigenvalue weighted by molar-refractivity contribution is 7.82. The number of hydrogen-bond donors (Lipinski definition) is 9. The third-order valence-corrected chi connectivity index (χ3v) is 17.3. The second-order valence-electron chi connectivity index (χ2n) is 19.7. The Hall–Kier alpha value is -2.65. The van der Waals surface area contributed by atoms with Gasteiger partial charge >= 0.3 is 84.7 Å². The predicted molar refractivity (Wildman–Crippen MR) is 277 cm³/mol. The monoisotopic (exact) mass is 1530 g/mol. The van der Waals surface area contributed by atoms with Crippen molar-refractivity contribution in [1.29, 1.82) is 0 Å². The van der Waals surface area contributed by atoms with Gasteiger partial charge in [-0.05, 0) is 0 Å². The molecule has 0 aromatic rings. The highest BCUT2D eigenvalue weighted by atomic mass is 32.3. The first-order valence-electron chi connectivity index (χ1n) is 25.4. The minimum atomic E-state index is -6.19. The first-order valence-corrected chi connectivity index (χ1v) is 35.0. The van der Waals surface area contributed by atoms with Crippen LogP contribution in [-0.4, -0.2) is 342 Å². The van der Waals surface area contributed by atoms with Gasteiger partial charge in [0, 0.05) is 49.8 Å². The first-order chi connectivity index (χ1) is 43.2. The van der Waals surface area contributed by atoms with Gasteiger partial charge in [-0.3, -0.25) is 31.9 Å². The summed E-state index contributed by atoms with van der Waals surface area (Å²) in [6.45, 7) is -5.64. The number of hydrogen-bond acceptors (Lipinski definition) is 40. The lowest BCUT2D eigenvalue weighted by molar-refractivity contribution is -0.386. The topological polar surface area (TPSA) is 677 Å². The predicted octanol–water partition coefficient (Wildman–Crippen LogP) is -7.96. The summed E-state index contributed by atoms with van der Waals surface area (Å²) >= 11 is 0. The molecule has 25 atom stereocenters. The van der Waals surface area contributed by atoms with Gasteiger partial charge in [0.15, 0.2) is 49.8 Å². The molecule has 6 aliphatic rings. The molecular formula is C38H62O49S7. The van der Waals surface area contributed by atoms with Crippen LogP contribution in [0.2, 0.25) is 0 Å². The van der Waals surface area contributed by atoms with Crippen LogP contribution in [0.3, 0.4) is 0 Å². The second-order valence-corrected chi connectivity index (χ2v) is 27.2. The van der Waals surface area contributed by atoms with Crippen molar-refractivity contribution < 1.29 is 220 Å². The largest absolute Gasteiger partial charge is 0.479 e. The van der Waals surface area contributed by atoms with Gasteiger partial charge in [0.1, 0.15) is 97.7 Å². The van der Waals surface area contributed by atoms with Crippen LogP contribution >= 0.6 is 0 Å². The second kappa shape index (κ2) is 31.5. The molecular weight excluding hydrogens is 1460 g/mol. The highest BCUT2D eigenvalue weighted by Gasteiger charge is 2.70. The molecule has 6 heterocycles. The van der Waals surface area contributed by atoms with Crippen LogP contribution in [0.15, 0.2) is 0 Å². The van der Waals surface area contributed by atoms with E-state index >= 15 is 0 Å². The van der Waals surface area contributed by atoms with Crippen molar-refractivity contribution >= 4 is 84.7 Å². The summed E-state index contributed by atoms with van der Waals surface area (Å²) in [6, 6.07) is 0. The van der Waals surface area contributed by atoms with Gasteiger partial charge in [0.25, 0.3) is 0 Å². The third-order valence-electron chi connectivity index (χ3n) is 14.1. The van der Waals surface area contributed by atoms with Gasteiger partial charge in [-0.15, -0.1) is 0 Å². The summed E-state index contributed by atoms with van der Waals surface area (Å²) in [7, 11) is -34.0. The Morgan fingerprint density at radius 1 is 0.372 bits per heavy atom. The van der Waals surface area contributed by atoms with Gasteiger partial charge in [0.2, 0.25) is 5.60 Å². The number of carboxylic acid groups (broad SMARTS) is 2. The van der Waals surface area contributed by atoms with E-state index in [1.807, 2.05) is 0 Å². The average molecular weight is 1530 g/mol. The molecule has 6 aliphatic heterocycles. The standard InChI is InChI=1S/C38H62O49S7/c1-64-15-12(8-72-88(43,44)45)76-33(25(67-4)18(15)65-2)80-20-19(66-3)26(68-5)34(81-24(20)31(39)40)78-16-14(10-74-90(49,50)51)77-35(29(87-94(61,62)63)22(16)85-92(55,56)57)82-30-23-27(69-6)36(83-38(30,11-71-23)37(41)42)79-17-13(9-73-89(46,47)48)75-32(70-7)28(86-93(58,59)60)21(17)84-91(52,53)54/h12-30,32-36H,8-11H2,1-7H3,(H,39,40)(H,41,42)(H,43,44,45)(H,46,47,48)(H,49,50,51)(H,52,53,54)(H,55,56,57)(H,58,59,60)(H,61,62,63)/t12-,13+,14-,15-,16-,17+,18-,19-,20+,21+,22-,23-,24+,25+,26+,27-,28+,29+,30+,32-,33-,34-,35-,36+,38+/m0/s1. The van der Waals surface area contributed by atoms with Gasteiger partial charge in [-0.25, -0.2) is 38.9 Å². The van der Waals surface area contributed by atoms with E-state index < -0.39 is 264 Å². The molecule has 6 fully saturated rings. The van der Waals surface area contributed by atoms with E-state index in [0.717, 1.165) is 42.7 Å². The van der Waals surface area contributed by atoms with Crippen molar-refractivity contribution in [2.75, 3.05) is 76.2 Å². The Bertz CT molecular complexity index is 3410. The fraction of sp³-hybridized carbons (Fsp3) is 0.947. The SMILES string of the molecule is CO[C@H]1O[C@H](COS(=O)(=O)O)[C@@H](O[C@@H]2O[C@]3(C(=O)O)CO[C@@H]([C@@H]2OC)[C@H]3O[C@@H]2O[C@@H](COS(=O)(=O)O)[C@H](O[C@H]3O[C@@H](C(=O)O)[C@H](O[C@@H]4O[C@@H](COS(=O)(=O)O)[C@H](OC)[C@H](OC)[C@H]4OC)[C@H](OC)[C@H]3OC)[C@H](OS(=O)(=O)O)[C@H]2OS(=O)(=O)O)[C@@H](OS(=O)(=O)O)[C@H]1OS(=O)(=O)O. The van der Waals surface area contributed by atoms with Gasteiger partial charge in [-0.2, -0.15) is 58.9 Å². The molecule has 0 amide bonds. The van der Waals surface area contributed by atoms with Gasteiger partial charge < -0.3 is 90.7 Å². The molecule has 0 aliphatic carbocycles. The van der Waals surface area contributed by atoms with E-state index in [-0.39, 0.29) is 0 Å². The summed E-state index contributed by atoms with van der Waals surface area (Å²) in [5, 5.41) is 21.6. The van der Waals surface area contributed by atoms with Crippen molar-refractivity contribution in [3.8, 4) is 0 Å². The lowest BCUT2D eigenvalue weighted by Crippen LogP contribution is -2.70. The summed E-state index contributed by atoms with van der Waals surface area (Å²) in [5.41, 5.74) is -3.30. The van der Waals surface area contributed by atoms with Crippen LogP contribution in [0.4, 0.5) is 0 Å². The smallest absolute Gasteiger partial charge is 0.397 e. The van der Waals surface area contributed by atoms with Crippen LogP contribution < -0.4 is 0 Å². The van der Waals surface area contributed by atoms with E-state index in [9.17, 15) is 111 Å². The Balaban J connectivity index is 1.43. The summed E-state index contributed by atoms with van der Waals surface area (Å²) in [6.07, 6.45) is -55.6. The Labute approximate surface area is 532 Å². The molecule has 2 bridgehead atoms. The van der Waals surface area contributed by atoms with Crippen molar-refractivity contribution in [3.05, 3.63) is 0 Å². The maximum Gasteiger partial charge on any atom is 0.397 e. The number of carbonyl (C=O) groups is 2. The van der Waals surface area contributed by atoms with Crippen LogP contribution in [0.1, 0.15) is 0 Å². The zero-order chi connectivity index (χ0) is 70.8. The maximum atomic E-state index is 13.6. The average Bonchev–Trinajstić information content (AvgIpc) is 1.48. The Kier molecular flexibility index (Phi) is 26.9. The van der Waals surface area contributed by atoms with Crippen molar-refractivity contribution in [2.45, 2.75) is 153 Å². The van der Waals surface area contributed by atoms with E-state index in [1.54, 1.807) is 0 Å². The minimum Gasteiger partial charge on any atom is -0.479 e. The Morgan fingerprint density at radius 3 is 1.09 bits per heavy atom. The highest BCUT2D eigenvalue weighted by Crippen LogP contribution is 2.46. The van der Waals surface area contributed by atoms with Crippen molar-refractivity contribution in [2.24, 2.45) is 0 Å². The molecule has 49 nitrogen and oxygen atoms in total. The van der Waals surface area contributed by atoms with Crippen LogP contribution in [0, 0.1) is 0 Å². The number of fused-ring (bicyclic) bond motifs is 2. The molecule has 0 spiro atoms. The molecule has 0 saturated carbocycles. The number of methoxy groups -OCH3 is 7. The molecule has 6 rings (SSSR count). The van der Waals surface area contributed by atoms with E-state index in [4.69, 9.17) is 88.9 Å².